The Kier molecular flexibility index (Phi) is 3.11. The number of pyridine rings is 1. The van der Waals surface area contributed by atoms with Gasteiger partial charge in [0.2, 0.25) is 0 Å². The molecule has 0 bridgehead atoms. The quantitative estimate of drug-likeness (QED) is 0.783. The van der Waals surface area contributed by atoms with Crippen LogP contribution in [0.25, 0.3) is 0 Å². The molecular weight excluding hydrogens is 226 g/mol. The highest BCUT2D eigenvalue weighted by atomic mass is 32.2. The Hall–Kier alpha value is -1.14. The molecule has 1 aromatic rings. The van der Waals surface area contributed by atoms with Crippen molar-refractivity contribution in [3.05, 3.63) is 18.3 Å². The van der Waals surface area contributed by atoms with Crippen molar-refractivity contribution in [2.45, 2.75) is 4.90 Å². The van der Waals surface area contributed by atoms with Crippen molar-refractivity contribution in [3.8, 4) is 0 Å². The third kappa shape index (κ3) is 2.51. The SMILES string of the molecule is CS(=O)(=O)c1ccc(N2CCNCC2)nc1. The minimum atomic E-state index is -3.14. The van der Waals surface area contributed by atoms with Crippen molar-refractivity contribution in [2.24, 2.45) is 0 Å². The number of nitrogens with zero attached hydrogens (tertiary/aromatic N) is 2. The van der Waals surface area contributed by atoms with Crippen molar-refractivity contribution in [1.29, 1.82) is 0 Å². The van der Waals surface area contributed by atoms with E-state index >= 15 is 0 Å². The third-order valence-corrected chi connectivity index (χ3v) is 3.69. The fourth-order valence-electron chi connectivity index (χ4n) is 1.67. The van der Waals surface area contributed by atoms with E-state index in [4.69, 9.17) is 0 Å². The second-order valence-electron chi connectivity index (χ2n) is 3.86. The van der Waals surface area contributed by atoms with Gasteiger partial charge in [-0.05, 0) is 12.1 Å². The summed E-state index contributed by atoms with van der Waals surface area (Å²) in [5.74, 6) is 0.842. The van der Waals surface area contributed by atoms with Crippen molar-refractivity contribution < 1.29 is 8.42 Å². The Morgan fingerprint density at radius 3 is 2.50 bits per heavy atom. The molecule has 0 aliphatic carbocycles. The molecule has 0 aromatic carbocycles. The van der Waals surface area contributed by atoms with Crippen LogP contribution in [0, 0.1) is 0 Å². The smallest absolute Gasteiger partial charge is 0.177 e. The summed E-state index contributed by atoms with van der Waals surface area (Å²) in [6, 6.07) is 3.38. The second-order valence-corrected chi connectivity index (χ2v) is 5.88. The van der Waals surface area contributed by atoms with Crippen LogP contribution >= 0.6 is 0 Å². The molecule has 1 N–H and O–H groups in total. The lowest BCUT2D eigenvalue weighted by molar-refractivity contribution is 0.584. The van der Waals surface area contributed by atoms with E-state index in [0.717, 1.165) is 32.0 Å². The molecule has 0 amide bonds. The summed E-state index contributed by atoms with van der Waals surface area (Å²) >= 11 is 0. The van der Waals surface area contributed by atoms with Crippen LogP contribution in [-0.2, 0) is 9.84 Å². The van der Waals surface area contributed by atoms with Crippen LogP contribution in [0.15, 0.2) is 23.2 Å². The molecule has 0 saturated carbocycles. The van der Waals surface area contributed by atoms with E-state index < -0.39 is 9.84 Å². The second kappa shape index (κ2) is 4.39. The fraction of sp³-hybridized carbons (Fsp3) is 0.500. The van der Waals surface area contributed by atoms with E-state index in [0.29, 0.717) is 0 Å². The summed E-state index contributed by atoms with van der Waals surface area (Å²) in [6.07, 6.45) is 2.61. The molecule has 0 atom stereocenters. The first-order valence-electron chi connectivity index (χ1n) is 5.19. The van der Waals surface area contributed by atoms with Crippen LogP contribution in [-0.4, -0.2) is 45.8 Å². The van der Waals surface area contributed by atoms with E-state index in [-0.39, 0.29) is 4.90 Å². The Balaban J connectivity index is 2.18. The summed E-state index contributed by atoms with van der Waals surface area (Å²) in [7, 11) is -3.14. The maximum Gasteiger partial charge on any atom is 0.177 e. The Morgan fingerprint density at radius 1 is 1.31 bits per heavy atom. The lowest BCUT2D eigenvalue weighted by atomic mass is 10.3. The summed E-state index contributed by atoms with van der Waals surface area (Å²) < 4.78 is 22.5. The molecule has 1 aliphatic heterocycles. The van der Waals surface area contributed by atoms with Crippen LogP contribution in [0.2, 0.25) is 0 Å². The van der Waals surface area contributed by atoms with Crippen LogP contribution in [0.1, 0.15) is 0 Å². The maximum atomic E-state index is 11.3. The number of piperazine rings is 1. The Morgan fingerprint density at radius 2 is 2.00 bits per heavy atom. The topological polar surface area (TPSA) is 62.3 Å². The summed E-state index contributed by atoms with van der Waals surface area (Å²) in [6.45, 7) is 3.70. The van der Waals surface area contributed by atoms with E-state index in [2.05, 4.69) is 15.2 Å². The zero-order chi connectivity index (χ0) is 11.6. The van der Waals surface area contributed by atoms with Crippen LogP contribution in [0.4, 0.5) is 5.82 Å². The number of sulfone groups is 1. The molecule has 1 aromatic heterocycles. The Labute approximate surface area is 95.4 Å². The first-order chi connectivity index (χ1) is 7.57. The van der Waals surface area contributed by atoms with Gasteiger partial charge in [0.05, 0.1) is 4.90 Å². The van der Waals surface area contributed by atoms with Gasteiger partial charge in [-0.15, -0.1) is 0 Å². The fourth-order valence-corrected chi connectivity index (χ4v) is 2.23. The van der Waals surface area contributed by atoms with Gasteiger partial charge in [-0.3, -0.25) is 0 Å². The zero-order valence-electron chi connectivity index (χ0n) is 9.18. The number of nitrogens with one attached hydrogen (secondary N) is 1. The molecular formula is C10H15N3O2S. The average molecular weight is 241 g/mol. The molecule has 88 valence electrons. The molecule has 2 heterocycles. The van der Waals surface area contributed by atoms with Crippen molar-refractivity contribution in [1.82, 2.24) is 10.3 Å². The van der Waals surface area contributed by atoms with Gasteiger partial charge in [0.1, 0.15) is 5.82 Å². The maximum absolute atomic E-state index is 11.3. The summed E-state index contributed by atoms with van der Waals surface area (Å²) in [5.41, 5.74) is 0. The molecule has 1 aliphatic rings. The van der Waals surface area contributed by atoms with Crippen molar-refractivity contribution in [2.75, 3.05) is 37.3 Å². The number of anilines is 1. The monoisotopic (exact) mass is 241 g/mol. The highest BCUT2D eigenvalue weighted by Gasteiger charge is 2.13. The third-order valence-electron chi connectivity index (χ3n) is 2.59. The van der Waals surface area contributed by atoms with E-state index in [1.54, 1.807) is 12.1 Å². The summed E-state index contributed by atoms with van der Waals surface area (Å²) in [4.78, 5) is 6.60. The predicted molar refractivity (Wildman–Crippen MR) is 62.4 cm³/mol. The van der Waals surface area contributed by atoms with Crippen molar-refractivity contribution in [3.63, 3.8) is 0 Å². The molecule has 0 unspecified atom stereocenters. The van der Waals surface area contributed by atoms with Gasteiger partial charge in [-0.1, -0.05) is 0 Å². The molecule has 2 rings (SSSR count). The molecule has 16 heavy (non-hydrogen) atoms. The lowest BCUT2D eigenvalue weighted by Crippen LogP contribution is -2.43. The van der Waals surface area contributed by atoms with E-state index in [1.807, 2.05) is 0 Å². The summed E-state index contributed by atoms with van der Waals surface area (Å²) in [5, 5.41) is 3.25. The van der Waals surface area contributed by atoms with Gasteiger partial charge >= 0.3 is 0 Å². The van der Waals surface area contributed by atoms with Crippen LogP contribution in [0.5, 0.6) is 0 Å². The molecule has 0 radical (unpaired) electrons. The van der Waals surface area contributed by atoms with Crippen LogP contribution in [0.3, 0.4) is 0 Å². The highest BCUT2D eigenvalue weighted by Crippen LogP contribution is 2.14. The highest BCUT2D eigenvalue weighted by molar-refractivity contribution is 7.90. The van der Waals surface area contributed by atoms with Crippen LogP contribution < -0.4 is 10.2 Å². The largest absolute Gasteiger partial charge is 0.354 e. The average Bonchev–Trinajstić information content (AvgIpc) is 2.29. The lowest BCUT2D eigenvalue weighted by Gasteiger charge is -2.28. The minimum absolute atomic E-state index is 0.270. The Bertz CT molecular complexity index is 449. The van der Waals surface area contributed by atoms with Gasteiger partial charge in [0.25, 0.3) is 0 Å². The number of rotatable bonds is 2. The molecule has 1 fully saturated rings. The number of aromatic nitrogens is 1. The number of hydrogen-bond donors (Lipinski definition) is 1. The van der Waals surface area contributed by atoms with Gasteiger partial charge in [-0.2, -0.15) is 0 Å². The first kappa shape index (κ1) is 11.3. The molecule has 0 spiro atoms. The number of hydrogen-bond acceptors (Lipinski definition) is 5. The first-order valence-corrected chi connectivity index (χ1v) is 7.08. The van der Waals surface area contributed by atoms with E-state index in [1.165, 1.54) is 12.5 Å². The van der Waals surface area contributed by atoms with Gasteiger partial charge < -0.3 is 10.2 Å². The molecule has 1 saturated heterocycles. The minimum Gasteiger partial charge on any atom is -0.354 e. The zero-order valence-corrected chi connectivity index (χ0v) is 10.00. The standard InChI is InChI=1S/C10H15N3O2S/c1-16(14,15)9-2-3-10(12-8-9)13-6-4-11-5-7-13/h2-3,8,11H,4-7H2,1H3. The molecule has 6 heteroatoms. The molecule has 5 nitrogen and oxygen atoms in total. The van der Waals surface area contributed by atoms with E-state index in [9.17, 15) is 8.42 Å². The van der Waals surface area contributed by atoms with Gasteiger partial charge in [-0.25, -0.2) is 13.4 Å². The van der Waals surface area contributed by atoms with Gasteiger partial charge in [0, 0.05) is 38.6 Å². The normalized spacial score (nSPS) is 17.4. The van der Waals surface area contributed by atoms with Crippen molar-refractivity contribution >= 4 is 15.7 Å². The predicted octanol–water partition coefficient (Wildman–Crippen LogP) is -0.105. The van der Waals surface area contributed by atoms with Gasteiger partial charge in [0.15, 0.2) is 9.84 Å².